The van der Waals surface area contributed by atoms with Crippen molar-refractivity contribution in [2.24, 2.45) is 0 Å². The van der Waals surface area contributed by atoms with Crippen molar-refractivity contribution in [2.75, 3.05) is 18.4 Å². The van der Waals surface area contributed by atoms with E-state index < -0.39 is 6.10 Å². The van der Waals surface area contributed by atoms with Gasteiger partial charge in [0.2, 0.25) is 0 Å². The highest BCUT2D eigenvalue weighted by molar-refractivity contribution is 5.81. The summed E-state index contributed by atoms with van der Waals surface area (Å²) in [7, 11) is 0. The van der Waals surface area contributed by atoms with Crippen LogP contribution in [0, 0.1) is 0 Å². The van der Waals surface area contributed by atoms with Gasteiger partial charge in [-0.25, -0.2) is 0 Å². The summed E-state index contributed by atoms with van der Waals surface area (Å²) in [6.45, 7) is 5.25. The number of likely N-dealkylation sites (N-methyl/N-ethyl adjacent to an activating group) is 1. The normalized spacial score (nSPS) is 15.2. The third-order valence-corrected chi connectivity index (χ3v) is 3.06. The summed E-state index contributed by atoms with van der Waals surface area (Å²) in [4.78, 5) is 11.7. The van der Waals surface area contributed by atoms with E-state index in [2.05, 4.69) is 16.7 Å². The zero-order valence-corrected chi connectivity index (χ0v) is 11.0. The van der Waals surface area contributed by atoms with Gasteiger partial charge in [-0.1, -0.05) is 12.1 Å². The molecular weight excluding hydrogens is 228 g/mol. The molecule has 4 nitrogen and oxygen atoms in total. The van der Waals surface area contributed by atoms with E-state index in [1.165, 1.54) is 5.56 Å². The van der Waals surface area contributed by atoms with Gasteiger partial charge in [-0.2, -0.15) is 0 Å². The van der Waals surface area contributed by atoms with Crippen LogP contribution in [0.3, 0.4) is 0 Å². The van der Waals surface area contributed by atoms with Crippen LogP contribution in [0.2, 0.25) is 0 Å². The highest BCUT2D eigenvalue weighted by Crippen LogP contribution is 2.32. The number of carbonyl (C=O) groups excluding carboxylic acids is 1. The van der Waals surface area contributed by atoms with Gasteiger partial charge in [-0.3, -0.25) is 4.79 Å². The number of hydrogen-bond acceptors (Lipinski definition) is 3. The van der Waals surface area contributed by atoms with E-state index >= 15 is 0 Å². The Bertz CT molecular complexity index is 432. The van der Waals surface area contributed by atoms with Crippen LogP contribution in [0.25, 0.3) is 0 Å². The molecule has 0 bridgehead atoms. The molecule has 2 N–H and O–H groups in total. The van der Waals surface area contributed by atoms with Crippen LogP contribution in [-0.2, 0) is 11.2 Å². The fraction of sp³-hybridized carbons (Fsp3) is 0.500. The molecule has 1 aromatic rings. The average Bonchev–Trinajstić information content (AvgIpc) is 2.39. The molecule has 1 aliphatic rings. The minimum atomic E-state index is -0.472. The topological polar surface area (TPSA) is 50.4 Å². The molecule has 0 saturated carbocycles. The van der Waals surface area contributed by atoms with Crippen molar-refractivity contribution in [2.45, 2.75) is 32.8 Å². The number of rotatable bonds is 4. The van der Waals surface area contributed by atoms with E-state index in [0.29, 0.717) is 6.54 Å². The van der Waals surface area contributed by atoms with E-state index in [9.17, 15) is 4.79 Å². The zero-order valence-electron chi connectivity index (χ0n) is 11.0. The predicted molar refractivity (Wildman–Crippen MR) is 72.0 cm³/mol. The standard InChI is InChI=1S/C14H20N2O2/c1-3-15-14(17)10(2)18-12-8-4-6-11-7-5-9-16-13(11)12/h4,6,8,10,16H,3,5,7,9H2,1-2H3,(H,15,17). The van der Waals surface area contributed by atoms with Gasteiger partial charge < -0.3 is 15.4 Å². The first-order valence-electron chi connectivity index (χ1n) is 6.52. The number of benzene rings is 1. The summed E-state index contributed by atoms with van der Waals surface area (Å²) in [5.74, 6) is 0.692. The molecule has 98 valence electrons. The fourth-order valence-corrected chi connectivity index (χ4v) is 2.14. The van der Waals surface area contributed by atoms with Gasteiger partial charge in [0.05, 0.1) is 5.69 Å². The number of anilines is 1. The Morgan fingerprint density at radius 3 is 3.17 bits per heavy atom. The second-order valence-corrected chi connectivity index (χ2v) is 4.48. The van der Waals surface area contributed by atoms with Crippen LogP contribution in [0.4, 0.5) is 5.69 Å². The number of nitrogens with one attached hydrogen (secondary N) is 2. The Labute approximate surface area is 108 Å². The van der Waals surface area contributed by atoms with Crippen molar-refractivity contribution in [3.63, 3.8) is 0 Å². The summed E-state index contributed by atoms with van der Waals surface area (Å²) in [6.07, 6.45) is 1.73. The van der Waals surface area contributed by atoms with Crippen molar-refractivity contribution in [1.82, 2.24) is 5.32 Å². The SMILES string of the molecule is CCNC(=O)C(C)Oc1cccc2c1NCCC2. The highest BCUT2D eigenvalue weighted by Gasteiger charge is 2.18. The zero-order chi connectivity index (χ0) is 13.0. The van der Waals surface area contributed by atoms with Crippen LogP contribution in [0.15, 0.2) is 18.2 Å². The molecule has 1 aromatic carbocycles. The maximum atomic E-state index is 11.7. The lowest BCUT2D eigenvalue weighted by molar-refractivity contribution is -0.127. The molecule has 18 heavy (non-hydrogen) atoms. The summed E-state index contributed by atoms with van der Waals surface area (Å²) in [6, 6.07) is 5.99. The molecular formula is C14H20N2O2. The molecule has 1 aliphatic heterocycles. The second kappa shape index (κ2) is 5.76. The maximum Gasteiger partial charge on any atom is 0.260 e. The van der Waals surface area contributed by atoms with Gasteiger partial charge in [0, 0.05) is 13.1 Å². The van der Waals surface area contributed by atoms with Gasteiger partial charge >= 0.3 is 0 Å². The molecule has 0 aromatic heterocycles. The molecule has 1 heterocycles. The first-order chi connectivity index (χ1) is 8.72. The summed E-state index contributed by atoms with van der Waals surface area (Å²) < 4.78 is 5.75. The Balaban J connectivity index is 2.11. The Morgan fingerprint density at radius 1 is 1.56 bits per heavy atom. The quantitative estimate of drug-likeness (QED) is 0.856. The Morgan fingerprint density at radius 2 is 2.39 bits per heavy atom. The van der Waals surface area contributed by atoms with Gasteiger partial charge in [0.1, 0.15) is 5.75 Å². The fourth-order valence-electron chi connectivity index (χ4n) is 2.14. The average molecular weight is 248 g/mol. The minimum absolute atomic E-state index is 0.0779. The number of aryl methyl sites for hydroxylation is 1. The van der Waals surface area contributed by atoms with Crippen LogP contribution < -0.4 is 15.4 Å². The summed E-state index contributed by atoms with van der Waals surface area (Å²) in [5.41, 5.74) is 2.31. The van der Waals surface area contributed by atoms with Crippen molar-refractivity contribution in [1.29, 1.82) is 0 Å². The maximum absolute atomic E-state index is 11.7. The number of ether oxygens (including phenoxy) is 1. The number of amides is 1. The van der Waals surface area contributed by atoms with E-state index in [1.807, 2.05) is 19.1 Å². The van der Waals surface area contributed by atoms with E-state index in [0.717, 1.165) is 30.8 Å². The number of fused-ring (bicyclic) bond motifs is 1. The second-order valence-electron chi connectivity index (χ2n) is 4.48. The molecule has 1 atom stereocenters. The van der Waals surface area contributed by atoms with Crippen molar-refractivity contribution < 1.29 is 9.53 Å². The molecule has 1 amide bonds. The lowest BCUT2D eigenvalue weighted by atomic mass is 10.0. The van der Waals surface area contributed by atoms with Gasteiger partial charge in [0.25, 0.3) is 5.91 Å². The van der Waals surface area contributed by atoms with Gasteiger partial charge in [0.15, 0.2) is 6.10 Å². The lowest BCUT2D eigenvalue weighted by Crippen LogP contribution is -2.36. The number of para-hydroxylation sites is 1. The van der Waals surface area contributed by atoms with Crippen LogP contribution in [0.5, 0.6) is 5.75 Å². The van der Waals surface area contributed by atoms with Crippen molar-refractivity contribution in [3.8, 4) is 5.75 Å². The first kappa shape index (κ1) is 12.7. The van der Waals surface area contributed by atoms with Crippen LogP contribution in [0.1, 0.15) is 25.8 Å². The Hall–Kier alpha value is -1.71. The largest absolute Gasteiger partial charge is 0.479 e. The molecule has 0 fully saturated rings. The molecule has 0 saturated heterocycles. The van der Waals surface area contributed by atoms with E-state index in [4.69, 9.17) is 4.74 Å². The summed E-state index contributed by atoms with van der Waals surface area (Å²) >= 11 is 0. The smallest absolute Gasteiger partial charge is 0.260 e. The molecule has 2 rings (SSSR count). The van der Waals surface area contributed by atoms with Gasteiger partial charge in [-0.15, -0.1) is 0 Å². The van der Waals surface area contributed by atoms with Crippen LogP contribution in [-0.4, -0.2) is 25.1 Å². The van der Waals surface area contributed by atoms with E-state index in [-0.39, 0.29) is 5.91 Å². The third-order valence-electron chi connectivity index (χ3n) is 3.06. The highest BCUT2D eigenvalue weighted by atomic mass is 16.5. The third kappa shape index (κ3) is 2.75. The molecule has 0 spiro atoms. The Kier molecular flexibility index (Phi) is 4.07. The van der Waals surface area contributed by atoms with Crippen molar-refractivity contribution >= 4 is 11.6 Å². The lowest BCUT2D eigenvalue weighted by Gasteiger charge is -2.23. The molecule has 0 radical (unpaired) electrons. The van der Waals surface area contributed by atoms with Crippen LogP contribution >= 0.6 is 0 Å². The van der Waals surface area contributed by atoms with Gasteiger partial charge in [-0.05, 0) is 38.3 Å². The monoisotopic (exact) mass is 248 g/mol. The minimum Gasteiger partial charge on any atom is -0.479 e. The first-order valence-corrected chi connectivity index (χ1v) is 6.52. The summed E-state index contributed by atoms with van der Waals surface area (Å²) in [5, 5.41) is 6.11. The molecule has 4 heteroatoms. The van der Waals surface area contributed by atoms with Crippen molar-refractivity contribution in [3.05, 3.63) is 23.8 Å². The molecule has 0 aliphatic carbocycles. The van der Waals surface area contributed by atoms with E-state index in [1.54, 1.807) is 6.92 Å². The predicted octanol–water partition coefficient (Wildman–Crippen LogP) is 1.95. The number of carbonyl (C=O) groups is 1. The molecule has 1 unspecified atom stereocenters. The number of hydrogen-bond donors (Lipinski definition) is 2.